The van der Waals surface area contributed by atoms with E-state index < -0.39 is 12.2 Å². The average molecular weight is 284 g/mol. The number of alkyl halides is 1. The van der Waals surface area contributed by atoms with Crippen molar-refractivity contribution in [3.63, 3.8) is 0 Å². The number of rotatable bonds is 3. The fourth-order valence-corrected chi connectivity index (χ4v) is 2.49. The van der Waals surface area contributed by atoms with Gasteiger partial charge in [0.25, 0.3) is 0 Å². The highest BCUT2D eigenvalue weighted by molar-refractivity contribution is 9.10. The van der Waals surface area contributed by atoms with E-state index >= 15 is 0 Å². The van der Waals surface area contributed by atoms with Gasteiger partial charge in [-0.05, 0) is 36.5 Å². The van der Waals surface area contributed by atoms with Crippen molar-refractivity contribution in [2.45, 2.75) is 31.5 Å². The van der Waals surface area contributed by atoms with Gasteiger partial charge in [-0.25, -0.2) is 9.18 Å². The van der Waals surface area contributed by atoms with Gasteiger partial charge in [0.05, 0.1) is 5.54 Å². The molecule has 1 aliphatic rings. The third-order valence-electron chi connectivity index (χ3n) is 3.17. The van der Waals surface area contributed by atoms with Crippen LogP contribution in [0.15, 0.2) is 27.7 Å². The summed E-state index contributed by atoms with van der Waals surface area (Å²) in [6.07, 6.45) is 4.44. The van der Waals surface area contributed by atoms with Gasteiger partial charge in [-0.3, -0.25) is 0 Å². The van der Waals surface area contributed by atoms with Crippen LogP contribution < -0.4 is 0 Å². The lowest BCUT2D eigenvalue weighted by Crippen LogP contribution is -2.31. The smallest absolute Gasteiger partial charge is 0.235 e. The van der Waals surface area contributed by atoms with E-state index in [0.29, 0.717) is 5.56 Å². The number of benzene rings is 1. The lowest BCUT2D eigenvalue weighted by molar-refractivity contribution is 0.255. The van der Waals surface area contributed by atoms with Crippen LogP contribution in [0.2, 0.25) is 0 Å². The second kappa shape index (κ2) is 4.48. The third-order valence-corrected chi connectivity index (χ3v) is 3.91. The van der Waals surface area contributed by atoms with Crippen molar-refractivity contribution in [2.24, 2.45) is 4.99 Å². The van der Waals surface area contributed by atoms with Crippen molar-refractivity contribution in [2.75, 3.05) is 0 Å². The highest BCUT2D eigenvalue weighted by atomic mass is 79.9. The van der Waals surface area contributed by atoms with E-state index in [2.05, 4.69) is 20.9 Å². The standard InChI is InChI=1S/C12H11BrFNO/c13-11-6-10(3-2-9(11)7-14)12(15-8-16)4-1-5-12/h2-3,6H,1,4-5,7H2. The first-order chi connectivity index (χ1) is 7.72. The average Bonchev–Trinajstić information content (AvgIpc) is 2.23. The second-order valence-corrected chi connectivity index (χ2v) is 4.88. The topological polar surface area (TPSA) is 29.4 Å². The zero-order valence-electron chi connectivity index (χ0n) is 8.67. The molecular weight excluding hydrogens is 273 g/mol. The van der Waals surface area contributed by atoms with Crippen LogP contribution in [0.4, 0.5) is 4.39 Å². The number of halogens is 2. The van der Waals surface area contributed by atoms with Gasteiger partial charge in [0, 0.05) is 4.47 Å². The van der Waals surface area contributed by atoms with Crippen molar-refractivity contribution in [1.82, 2.24) is 0 Å². The quantitative estimate of drug-likeness (QED) is 0.615. The van der Waals surface area contributed by atoms with Gasteiger partial charge in [-0.1, -0.05) is 28.1 Å². The Labute approximate surface area is 102 Å². The molecule has 16 heavy (non-hydrogen) atoms. The van der Waals surface area contributed by atoms with Crippen LogP contribution in [0, 0.1) is 0 Å². The lowest BCUT2D eigenvalue weighted by Gasteiger charge is -2.37. The second-order valence-electron chi connectivity index (χ2n) is 4.03. The highest BCUT2D eigenvalue weighted by Crippen LogP contribution is 2.45. The summed E-state index contributed by atoms with van der Waals surface area (Å²) in [6.45, 7) is -0.495. The molecule has 1 saturated carbocycles. The summed E-state index contributed by atoms with van der Waals surface area (Å²) in [5.41, 5.74) is 1.18. The molecule has 1 aromatic rings. The summed E-state index contributed by atoms with van der Waals surface area (Å²) in [5, 5.41) is 0. The molecule has 2 nitrogen and oxygen atoms in total. The Morgan fingerprint density at radius 3 is 2.69 bits per heavy atom. The summed E-state index contributed by atoms with van der Waals surface area (Å²) >= 11 is 3.32. The van der Waals surface area contributed by atoms with Crippen molar-refractivity contribution in [3.05, 3.63) is 33.8 Å². The molecule has 0 saturated heterocycles. The molecule has 2 rings (SSSR count). The van der Waals surface area contributed by atoms with E-state index in [0.717, 1.165) is 29.3 Å². The third kappa shape index (κ3) is 1.83. The molecule has 1 fully saturated rings. The van der Waals surface area contributed by atoms with Gasteiger partial charge in [-0.15, -0.1) is 0 Å². The maximum absolute atomic E-state index is 12.5. The molecule has 0 bridgehead atoms. The number of carbonyl (C=O) groups excluding carboxylic acids is 1. The molecule has 0 aliphatic heterocycles. The maximum atomic E-state index is 12.5. The van der Waals surface area contributed by atoms with E-state index in [1.54, 1.807) is 12.1 Å². The van der Waals surface area contributed by atoms with Crippen molar-refractivity contribution in [1.29, 1.82) is 0 Å². The monoisotopic (exact) mass is 283 g/mol. The molecule has 0 N–H and O–H groups in total. The molecular formula is C12H11BrFNO. The first-order valence-electron chi connectivity index (χ1n) is 5.16. The van der Waals surface area contributed by atoms with Crippen molar-refractivity contribution < 1.29 is 9.18 Å². The SMILES string of the molecule is O=C=NC1(c2ccc(CF)c(Br)c2)CCC1. The predicted octanol–water partition coefficient (Wildman–Crippen LogP) is 3.63. The van der Waals surface area contributed by atoms with Gasteiger partial charge >= 0.3 is 0 Å². The summed E-state index contributed by atoms with van der Waals surface area (Å²) in [5.74, 6) is 0. The largest absolute Gasteiger partial charge is 0.246 e. The van der Waals surface area contributed by atoms with E-state index in [1.165, 1.54) is 0 Å². The molecule has 1 aliphatic carbocycles. The van der Waals surface area contributed by atoms with Crippen molar-refractivity contribution >= 4 is 22.0 Å². The van der Waals surface area contributed by atoms with Gasteiger partial charge in [0.2, 0.25) is 6.08 Å². The van der Waals surface area contributed by atoms with Crippen LogP contribution in [0.1, 0.15) is 30.4 Å². The molecule has 0 atom stereocenters. The zero-order valence-corrected chi connectivity index (χ0v) is 10.3. The number of nitrogens with zero attached hydrogens (tertiary/aromatic N) is 1. The fraction of sp³-hybridized carbons (Fsp3) is 0.417. The minimum Gasteiger partial charge on any atom is -0.246 e. The molecule has 0 heterocycles. The van der Waals surface area contributed by atoms with Crippen LogP contribution in [0.3, 0.4) is 0 Å². The van der Waals surface area contributed by atoms with Gasteiger partial charge in [0.15, 0.2) is 0 Å². The Bertz CT molecular complexity index is 450. The van der Waals surface area contributed by atoms with E-state index in [1.807, 2.05) is 12.1 Å². The Balaban J connectivity index is 2.40. The van der Waals surface area contributed by atoms with Gasteiger partial charge < -0.3 is 0 Å². The summed E-state index contributed by atoms with van der Waals surface area (Å²) in [6, 6.07) is 5.44. The molecule has 1 aromatic carbocycles. The molecule has 0 amide bonds. The number of isocyanates is 1. The fourth-order valence-electron chi connectivity index (χ4n) is 2.01. The van der Waals surface area contributed by atoms with Crippen molar-refractivity contribution in [3.8, 4) is 0 Å². The lowest BCUT2D eigenvalue weighted by atomic mass is 9.72. The molecule has 84 valence electrons. The normalized spacial score (nSPS) is 17.4. The Hall–Kier alpha value is -0.990. The van der Waals surface area contributed by atoms with Crippen LogP contribution in [-0.4, -0.2) is 6.08 Å². The van der Waals surface area contributed by atoms with E-state index in [9.17, 15) is 9.18 Å². The molecule has 0 unspecified atom stereocenters. The zero-order chi connectivity index (χ0) is 11.6. The Morgan fingerprint density at radius 2 is 2.25 bits per heavy atom. The molecule has 0 radical (unpaired) electrons. The number of hydrogen-bond donors (Lipinski definition) is 0. The van der Waals surface area contributed by atoms with Crippen LogP contribution in [-0.2, 0) is 17.0 Å². The minimum absolute atomic E-state index is 0.404. The summed E-state index contributed by atoms with van der Waals surface area (Å²) < 4.78 is 13.3. The molecule has 0 aromatic heterocycles. The van der Waals surface area contributed by atoms with Crippen LogP contribution in [0.5, 0.6) is 0 Å². The first-order valence-corrected chi connectivity index (χ1v) is 5.95. The Kier molecular flexibility index (Phi) is 3.22. The van der Waals surface area contributed by atoms with E-state index in [4.69, 9.17) is 0 Å². The Morgan fingerprint density at radius 1 is 1.50 bits per heavy atom. The minimum atomic E-state index is -0.495. The number of aliphatic imine (C=N–C) groups is 1. The highest BCUT2D eigenvalue weighted by Gasteiger charge is 2.38. The summed E-state index contributed by atoms with van der Waals surface area (Å²) in [7, 11) is 0. The number of hydrogen-bond acceptors (Lipinski definition) is 2. The van der Waals surface area contributed by atoms with E-state index in [-0.39, 0.29) is 0 Å². The first kappa shape index (κ1) is 11.5. The predicted molar refractivity (Wildman–Crippen MR) is 62.6 cm³/mol. The van der Waals surface area contributed by atoms with Crippen LogP contribution in [0.25, 0.3) is 0 Å². The summed E-state index contributed by atoms with van der Waals surface area (Å²) in [4.78, 5) is 14.3. The maximum Gasteiger partial charge on any atom is 0.235 e. The molecule has 4 heteroatoms. The van der Waals surface area contributed by atoms with Crippen LogP contribution >= 0.6 is 15.9 Å². The van der Waals surface area contributed by atoms with Gasteiger partial charge in [-0.2, -0.15) is 4.99 Å². The van der Waals surface area contributed by atoms with Gasteiger partial charge in [0.1, 0.15) is 6.67 Å². The molecule has 0 spiro atoms.